The number of rotatable bonds is 7. The van der Waals surface area contributed by atoms with Crippen LogP contribution in [-0.4, -0.2) is 56.3 Å². The van der Waals surface area contributed by atoms with Crippen molar-refractivity contribution >= 4 is 21.6 Å². The highest BCUT2D eigenvalue weighted by Crippen LogP contribution is 2.20. The van der Waals surface area contributed by atoms with Crippen LogP contribution in [0.15, 0.2) is 88.4 Å². The van der Waals surface area contributed by atoms with Gasteiger partial charge in [-0.2, -0.15) is 4.31 Å². The first-order valence-electron chi connectivity index (χ1n) is 10.2. The van der Waals surface area contributed by atoms with Crippen molar-refractivity contribution in [3.63, 3.8) is 0 Å². The monoisotopic (exact) mass is 439 g/mol. The molecule has 0 spiro atoms. The first-order chi connectivity index (χ1) is 15.0. The summed E-state index contributed by atoms with van der Waals surface area (Å²) >= 11 is 0. The van der Waals surface area contributed by atoms with Gasteiger partial charge in [-0.25, -0.2) is 8.42 Å². The van der Waals surface area contributed by atoms with Crippen LogP contribution >= 0.6 is 0 Å². The summed E-state index contributed by atoms with van der Waals surface area (Å²) < 4.78 is 33.0. The van der Waals surface area contributed by atoms with Crippen molar-refractivity contribution in [2.75, 3.05) is 37.6 Å². The molecule has 2 heterocycles. The standard InChI is InChI=1S/C23H25N3O4S/c27-23(25-15-13-24(14-16-25)20-8-3-1-4-9-20)19-26(18-21-10-7-17-30-21)31(28,29)22-11-5-2-6-12-22/h1-12,17H,13-16,18-19H2. The molecule has 0 unspecified atom stereocenters. The van der Waals surface area contributed by atoms with Crippen molar-refractivity contribution in [3.8, 4) is 0 Å². The summed E-state index contributed by atoms with van der Waals surface area (Å²) in [7, 11) is -3.85. The van der Waals surface area contributed by atoms with Crippen molar-refractivity contribution in [1.29, 1.82) is 0 Å². The van der Waals surface area contributed by atoms with Gasteiger partial charge in [0.15, 0.2) is 0 Å². The molecule has 8 heteroatoms. The van der Waals surface area contributed by atoms with Gasteiger partial charge in [0.25, 0.3) is 0 Å². The molecular weight excluding hydrogens is 414 g/mol. The molecule has 162 valence electrons. The predicted molar refractivity (Wildman–Crippen MR) is 118 cm³/mol. The van der Waals surface area contributed by atoms with E-state index in [1.165, 1.54) is 22.7 Å². The molecule has 4 rings (SSSR count). The number of hydrogen-bond acceptors (Lipinski definition) is 5. The third-order valence-electron chi connectivity index (χ3n) is 5.36. The number of hydrogen-bond donors (Lipinski definition) is 0. The van der Waals surface area contributed by atoms with Crippen LogP contribution < -0.4 is 4.90 Å². The summed E-state index contributed by atoms with van der Waals surface area (Å²) in [5, 5.41) is 0. The smallest absolute Gasteiger partial charge is 0.243 e. The first-order valence-corrected chi connectivity index (χ1v) is 11.6. The molecule has 0 N–H and O–H groups in total. The summed E-state index contributed by atoms with van der Waals surface area (Å²) in [5.41, 5.74) is 1.13. The minimum atomic E-state index is -3.85. The van der Waals surface area contributed by atoms with E-state index in [1.807, 2.05) is 18.2 Å². The Hall–Kier alpha value is -3.10. The highest BCUT2D eigenvalue weighted by molar-refractivity contribution is 7.89. The van der Waals surface area contributed by atoms with Gasteiger partial charge in [-0.3, -0.25) is 4.79 Å². The Balaban J connectivity index is 1.46. The summed E-state index contributed by atoms with van der Waals surface area (Å²) in [6.07, 6.45) is 1.49. The number of amides is 1. The maximum Gasteiger partial charge on any atom is 0.243 e. The Kier molecular flexibility index (Phi) is 6.39. The molecule has 0 aliphatic carbocycles. The van der Waals surface area contributed by atoms with Crippen LogP contribution in [0.4, 0.5) is 5.69 Å². The molecule has 1 aliphatic heterocycles. The fraction of sp³-hybridized carbons (Fsp3) is 0.261. The van der Waals surface area contributed by atoms with Gasteiger partial charge in [0.05, 0.1) is 24.2 Å². The SMILES string of the molecule is O=C(CN(Cc1ccco1)S(=O)(=O)c1ccccc1)N1CCN(c2ccccc2)CC1. The van der Waals surface area contributed by atoms with Crippen molar-refractivity contribution in [2.45, 2.75) is 11.4 Å². The van der Waals surface area contributed by atoms with Gasteiger partial charge in [0.2, 0.25) is 15.9 Å². The molecule has 1 fully saturated rings. The molecule has 0 radical (unpaired) electrons. The third kappa shape index (κ3) is 4.98. The number of furan rings is 1. The fourth-order valence-corrected chi connectivity index (χ4v) is 5.02. The average molecular weight is 440 g/mol. The second-order valence-electron chi connectivity index (χ2n) is 7.37. The van der Waals surface area contributed by atoms with Gasteiger partial charge in [-0.05, 0) is 36.4 Å². The van der Waals surface area contributed by atoms with Gasteiger partial charge >= 0.3 is 0 Å². The van der Waals surface area contributed by atoms with Crippen LogP contribution in [0, 0.1) is 0 Å². The molecule has 1 amide bonds. The maximum atomic E-state index is 13.2. The van der Waals surface area contributed by atoms with Gasteiger partial charge < -0.3 is 14.2 Å². The second-order valence-corrected chi connectivity index (χ2v) is 9.31. The number of carbonyl (C=O) groups excluding carboxylic acids is 1. The predicted octanol–water partition coefficient (Wildman–Crippen LogP) is 2.82. The summed E-state index contributed by atoms with van der Waals surface area (Å²) in [6, 6.07) is 21.6. The molecule has 0 saturated carbocycles. The van der Waals surface area contributed by atoms with E-state index in [9.17, 15) is 13.2 Å². The zero-order chi connectivity index (χ0) is 21.7. The first kappa shape index (κ1) is 21.1. The normalized spacial score (nSPS) is 14.7. The van der Waals surface area contributed by atoms with E-state index in [1.54, 1.807) is 35.2 Å². The topological polar surface area (TPSA) is 74.1 Å². The van der Waals surface area contributed by atoms with Crippen LogP contribution in [0.3, 0.4) is 0 Å². The average Bonchev–Trinajstić information content (AvgIpc) is 3.33. The lowest BCUT2D eigenvalue weighted by molar-refractivity contribution is -0.131. The Bertz CT molecular complexity index is 1080. The highest BCUT2D eigenvalue weighted by atomic mass is 32.2. The number of anilines is 1. The zero-order valence-electron chi connectivity index (χ0n) is 17.1. The lowest BCUT2D eigenvalue weighted by Gasteiger charge is -2.36. The number of benzene rings is 2. The van der Waals surface area contributed by atoms with Crippen LogP contribution in [0.5, 0.6) is 0 Å². The number of sulfonamides is 1. The Morgan fingerprint density at radius 1 is 0.871 bits per heavy atom. The summed E-state index contributed by atoms with van der Waals surface area (Å²) in [6.45, 7) is 2.28. The molecule has 0 bridgehead atoms. The molecular formula is C23H25N3O4S. The van der Waals surface area contributed by atoms with E-state index >= 15 is 0 Å². The molecule has 31 heavy (non-hydrogen) atoms. The molecule has 1 saturated heterocycles. The van der Waals surface area contributed by atoms with E-state index in [2.05, 4.69) is 17.0 Å². The largest absolute Gasteiger partial charge is 0.468 e. The van der Waals surface area contributed by atoms with Gasteiger partial charge in [-0.15, -0.1) is 0 Å². The minimum absolute atomic E-state index is 0.0000516. The van der Waals surface area contributed by atoms with Crippen LogP contribution in [-0.2, 0) is 21.4 Å². The van der Waals surface area contributed by atoms with E-state index in [0.29, 0.717) is 31.9 Å². The van der Waals surface area contributed by atoms with Crippen LogP contribution in [0.25, 0.3) is 0 Å². The molecule has 3 aromatic rings. The third-order valence-corrected chi connectivity index (χ3v) is 7.16. The Labute approximate surface area is 182 Å². The van der Waals surface area contributed by atoms with Crippen molar-refractivity contribution < 1.29 is 17.6 Å². The zero-order valence-corrected chi connectivity index (χ0v) is 17.9. The number of piperazine rings is 1. The molecule has 1 aliphatic rings. The lowest BCUT2D eigenvalue weighted by Crippen LogP contribution is -2.51. The Morgan fingerprint density at radius 3 is 2.13 bits per heavy atom. The van der Waals surface area contributed by atoms with Crippen molar-refractivity contribution in [3.05, 3.63) is 84.8 Å². The Morgan fingerprint density at radius 2 is 1.52 bits per heavy atom. The van der Waals surface area contributed by atoms with Crippen molar-refractivity contribution in [1.82, 2.24) is 9.21 Å². The maximum absolute atomic E-state index is 13.2. The molecule has 0 atom stereocenters. The van der Waals surface area contributed by atoms with Crippen LogP contribution in [0.2, 0.25) is 0 Å². The van der Waals surface area contributed by atoms with E-state index in [-0.39, 0.29) is 23.9 Å². The fourth-order valence-electron chi connectivity index (χ4n) is 3.65. The number of para-hydroxylation sites is 1. The molecule has 2 aromatic carbocycles. The van der Waals surface area contributed by atoms with Gasteiger partial charge in [0.1, 0.15) is 5.76 Å². The van der Waals surface area contributed by atoms with Gasteiger partial charge in [0, 0.05) is 31.9 Å². The lowest BCUT2D eigenvalue weighted by atomic mass is 10.2. The molecule has 1 aromatic heterocycles. The van der Waals surface area contributed by atoms with Gasteiger partial charge in [-0.1, -0.05) is 36.4 Å². The van der Waals surface area contributed by atoms with E-state index in [4.69, 9.17) is 4.42 Å². The second kappa shape index (κ2) is 9.36. The number of carbonyl (C=O) groups is 1. The summed E-state index contributed by atoms with van der Waals surface area (Å²) in [5.74, 6) is 0.278. The minimum Gasteiger partial charge on any atom is -0.468 e. The van der Waals surface area contributed by atoms with Crippen LogP contribution in [0.1, 0.15) is 5.76 Å². The highest BCUT2D eigenvalue weighted by Gasteiger charge is 2.30. The number of nitrogens with zero attached hydrogens (tertiary/aromatic N) is 3. The quantitative estimate of drug-likeness (QED) is 0.566. The van der Waals surface area contributed by atoms with E-state index in [0.717, 1.165) is 5.69 Å². The van der Waals surface area contributed by atoms with Crippen molar-refractivity contribution in [2.24, 2.45) is 0 Å². The summed E-state index contributed by atoms with van der Waals surface area (Å²) in [4.78, 5) is 17.1. The van der Waals surface area contributed by atoms with E-state index < -0.39 is 10.0 Å². The molecule has 7 nitrogen and oxygen atoms in total.